The summed E-state index contributed by atoms with van der Waals surface area (Å²) in [5, 5.41) is 20.2. The van der Waals surface area contributed by atoms with Crippen LogP contribution in [0.2, 0.25) is 0 Å². The number of sulfonamides is 1. The van der Waals surface area contributed by atoms with E-state index in [9.17, 15) is 23.6 Å². The minimum absolute atomic E-state index is 0.0585. The van der Waals surface area contributed by atoms with Crippen LogP contribution in [0.5, 0.6) is 0 Å². The van der Waals surface area contributed by atoms with Crippen molar-refractivity contribution in [2.45, 2.75) is 18.3 Å². The van der Waals surface area contributed by atoms with Crippen molar-refractivity contribution >= 4 is 15.7 Å². The first-order chi connectivity index (χ1) is 8.90. The lowest BCUT2D eigenvalue weighted by Crippen LogP contribution is -2.30. The van der Waals surface area contributed by atoms with Crippen LogP contribution in [-0.2, 0) is 15.8 Å². The Morgan fingerprint density at radius 2 is 2.11 bits per heavy atom. The third-order valence-corrected chi connectivity index (χ3v) is 4.84. The van der Waals surface area contributed by atoms with Crippen LogP contribution in [0.3, 0.4) is 0 Å². The van der Waals surface area contributed by atoms with Gasteiger partial charge in [0.25, 0.3) is 5.69 Å². The molecule has 1 saturated heterocycles. The predicted molar refractivity (Wildman–Crippen MR) is 67.9 cm³/mol. The minimum atomic E-state index is -3.63. The molecule has 0 amide bonds. The van der Waals surface area contributed by atoms with Gasteiger partial charge in [0.05, 0.1) is 16.8 Å². The summed E-state index contributed by atoms with van der Waals surface area (Å²) in [5.41, 5.74) is -0.0419. The van der Waals surface area contributed by atoms with E-state index in [0.717, 1.165) is 0 Å². The Labute approximate surface area is 110 Å². The number of nitro benzene ring substituents is 1. The number of hydrogen-bond acceptors (Lipinski definition) is 5. The van der Waals surface area contributed by atoms with Crippen LogP contribution in [0.4, 0.5) is 5.69 Å². The lowest BCUT2D eigenvalue weighted by Gasteiger charge is -2.15. The molecule has 0 spiro atoms. The molecule has 1 aliphatic rings. The van der Waals surface area contributed by atoms with E-state index >= 15 is 0 Å². The fraction of sp³-hybridized carbons (Fsp3) is 0.455. The summed E-state index contributed by atoms with van der Waals surface area (Å²) in [5.74, 6) is -0.420. The van der Waals surface area contributed by atoms with Gasteiger partial charge in [0.15, 0.2) is 0 Å². The maximum atomic E-state index is 12.1. The molecule has 0 bridgehead atoms. The number of β-amino-alcohol motifs (C(OH)–C–C–N with tert-alkyl or cyclic N) is 1. The van der Waals surface area contributed by atoms with Gasteiger partial charge in [-0.1, -0.05) is 18.2 Å². The number of para-hydroxylation sites is 1. The summed E-state index contributed by atoms with van der Waals surface area (Å²) < 4.78 is 25.4. The van der Waals surface area contributed by atoms with Crippen LogP contribution >= 0.6 is 0 Å². The summed E-state index contributed by atoms with van der Waals surface area (Å²) in [6.45, 7) is 0.313. The molecule has 0 aliphatic carbocycles. The highest BCUT2D eigenvalue weighted by atomic mass is 32.2. The summed E-state index contributed by atoms with van der Waals surface area (Å²) >= 11 is 0. The first-order valence-electron chi connectivity index (χ1n) is 5.78. The van der Waals surface area contributed by atoms with Gasteiger partial charge in [-0.25, -0.2) is 8.42 Å². The van der Waals surface area contributed by atoms with Gasteiger partial charge in [0.2, 0.25) is 10.0 Å². The van der Waals surface area contributed by atoms with Crippen molar-refractivity contribution in [1.29, 1.82) is 0 Å². The number of aliphatic hydroxyl groups excluding tert-OH is 1. The molecular weight excluding hydrogens is 272 g/mol. The third-order valence-electron chi connectivity index (χ3n) is 3.05. The highest BCUT2D eigenvalue weighted by Crippen LogP contribution is 2.23. The maximum absolute atomic E-state index is 12.1. The molecule has 1 aromatic rings. The minimum Gasteiger partial charge on any atom is -0.392 e. The molecule has 0 aromatic heterocycles. The molecule has 19 heavy (non-hydrogen) atoms. The Bertz CT molecular complexity index is 587. The van der Waals surface area contributed by atoms with Crippen molar-refractivity contribution in [3.63, 3.8) is 0 Å². The zero-order chi connectivity index (χ0) is 14.0. The SMILES string of the molecule is O=[N+]([O-])c1ccccc1CS(=O)(=O)N1CC[C@@H](O)C1. The average Bonchev–Trinajstić information content (AvgIpc) is 2.76. The van der Waals surface area contributed by atoms with Gasteiger partial charge in [0, 0.05) is 24.7 Å². The lowest BCUT2D eigenvalue weighted by atomic mass is 10.2. The van der Waals surface area contributed by atoms with E-state index in [1.165, 1.54) is 22.5 Å². The molecule has 1 aliphatic heterocycles. The second-order valence-electron chi connectivity index (χ2n) is 4.44. The normalized spacial score (nSPS) is 20.6. The van der Waals surface area contributed by atoms with Gasteiger partial charge in [-0.3, -0.25) is 10.1 Å². The number of hydrogen-bond donors (Lipinski definition) is 1. The van der Waals surface area contributed by atoms with Gasteiger partial charge in [-0.15, -0.1) is 0 Å². The molecule has 8 heteroatoms. The third kappa shape index (κ3) is 3.09. The van der Waals surface area contributed by atoms with Crippen LogP contribution in [-0.4, -0.2) is 41.9 Å². The molecule has 104 valence electrons. The summed E-state index contributed by atoms with van der Waals surface area (Å²) in [4.78, 5) is 10.2. The molecule has 1 heterocycles. The van der Waals surface area contributed by atoms with Gasteiger partial charge in [-0.05, 0) is 6.42 Å². The Kier molecular flexibility index (Phi) is 3.83. The number of nitrogens with zero attached hydrogens (tertiary/aromatic N) is 2. The van der Waals surface area contributed by atoms with Crippen molar-refractivity contribution in [1.82, 2.24) is 4.31 Å². The second kappa shape index (κ2) is 5.24. The van der Waals surface area contributed by atoms with E-state index in [1.807, 2.05) is 0 Å². The monoisotopic (exact) mass is 286 g/mol. The van der Waals surface area contributed by atoms with Crippen LogP contribution in [0.15, 0.2) is 24.3 Å². The van der Waals surface area contributed by atoms with E-state index in [0.29, 0.717) is 6.42 Å². The van der Waals surface area contributed by atoms with Crippen LogP contribution in [0.25, 0.3) is 0 Å². The fourth-order valence-corrected chi connectivity index (χ4v) is 3.66. The Morgan fingerprint density at radius 3 is 2.68 bits per heavy atom. The lowest BCUT2D eigenvalue weighted by molar-refractivity contribution is -0.385. The molecule has 1 aromatic carbocycles. The fourth-order valence-electron chi connectivity index (χ4n) is 2.06. The molecule has 1 atom stereocenters. The van der Waals surface area contributed by atoms with Gasteiger partial charge in [0.1, 0.15) is 0 Å². The highest BCUT2D eigenvalue weighted by Gasteiger charge is 2.31. The topological polar surface area (TPSA) is 101 Å². The molecule has 0 unspecified atom stereocenters. The maximum Gasteiger partial charge on any atom is 0.273 e. The Balaban J connectivity index is 2.23. The van der Waals surface area contributed by atoms with Crippen LogP contribution in [0, 0.1) is 10.1 Å². The van der Waals surface area contributed by atoms with Crippen LogP contribution < -0.4 is 0 Å². The zero-order valence-corrected chi connectivity index (χ0v) is 10.9. The van der Waals surface area contributed by atoms with E-state index < -0.39 is 26.8 Å². The summed E-state index contributed by atoms with van der Waals surface area (Å²) in [6, 6.07) is 5.77. The van der Waals surface area contributed by atoms with Crippen molar-refractivity contribution in [3.8, 4) is 0 Å². The average molecular weight is 286 g/mol. The number of benzene rings is 1. The summed E-state index contributed by atoms with van der Waals surface area (Å²) in [6.07, 6.45) is -0.253. The molecular formula is C11H14N2O5S. The Morgan fingerprint density at radius 1 is 1.42 bits per heavy atom. The van der Waals surface area contributed by atoms with Crippen molar-refractivity contribution < 1.29 is 18.4 Å². The van der Waals surface area contributed by atoms with Crippen molar-refractivity contribution in [2.24, 2.45) is 0 Å². The van der Waals surface area contributed by atoms with Crippen molar-refractivity contribution in [2.75, 3.05) is 13.1 Å². The van der Waals surface area contributed by atoms with E-state index in [-0.39, 0.29) is 24.3 Å². The van der Waals surface area contributed by atoms with E-state index in [4.69, 9.17) is 0 Å². The summed E-state index contributed by atoms with van der Waals surface area (Å²) in [7, 11) is -3.63. The second-order valence-corrected chi connectivity index (χ2v) is 6.41. The predicted octanol–water partition coefficient (Wildman–Crippen LogP) is 0.491. The molecule has 0 saturated carbocycles. The van der Waals surface area contributed by atoms with E-state index in [2.05, 4.69) is 0 Å². The van der Waals surface area contributed by atoms with Gasteiger partial charge >= 0.3 is 0 Å². The number of rotatable bonds is 4. The quantitative estimate of drug-likeness (QED) is 0.641. The number of aliphatic hydroxyl groups is 1. The zero-order valence-electron chi connectivity index (χ0n) is 10.1. The molecule has 1 fully saturated rings. The van der Waals surface area contributed by atoms with Gasteiger partial charge in [-0.2, -0.15) is 4.31 Å². The van der Waals surface area contributed by atoms with Gasteiger partial charge < -0.3 is 5.11 Å². The first kappa shape index (κ1) is 13.9. The highest BCUT2D eigenvalue weighted by molar-refractivity contribution is 7.88. The number of nitro groups is 1. The Hall–Kier alpha value is -1.51. The van der Waals surface area contributed by atoms with Crippen molar-refractivity contribution in [3.05, 3.63) is 39.9 Å². The first-order valence-corrected chi connectivity index (χ1v) is 7.39. The molecule has 0 radical (unpaired) electrons. The molecule has 1 N–H and O–H groups in total. The van der Waals surface area contributed by atoms with E-state index in [1.54, 1.807) is 6.07 Å². The smallest absolute Gasteiger partial charge is 0.273 e. The largest absolute Gasteiger partial charge is 0.392 e. The standard InChI is InChI=1S/C11H14N2O5S/c14-10-5-6-12(7-10)19(17,18)8-9-3-1-2-4-11(9)13(15)16/h1-4,10,14H,5-8H2/t10-/m1/s1. The van der Waals surface area contributed by atoms with Crippen LogP contribution in [0.1, 0.15) is 12.0 Å². The molecule has 7 nitrogen and oxygen atoms in total. The molecule has 2 rings (SSSR count).